The molecular formula is C13H15FN2O. The maximum Gasteiger partial charge on any atom is 0.147 e. The molecule has 4 heteroatoms. The number of aliphatic hydroxyl groups is 1. The van der Waals surface area contributed by atoms with Gasteiger partial charge in [0.15, 0.2) is 0 Å². The third-order valence-corrected chi connectivity index (χ3v) is 3.19. The van der Waals surface area contributed by atoms with Gasteiger partial charge in [-0.3, -0.25) is 0 Å². The van der Waals surface area contributed by atoms with Gasteiger partial charge in [0.05, 0.1) is 17.3 Å². The van der Waals surface area contributed by atoms with E-state index in [0.717, 1.165) is 19.4 Å². The fraction of sp³-hybridized carbons (Fsp3) is 0.462. The molecule has 1 aromatic rings. The van der Waals surface area contributed by atoms with Crippen molar-refractivity contribution in [3.63, 3.8) is 0 Å². The van der Waals surface area contributed by atoms with Crippen LogP contribution < -0.4 is 4.90 Å². The highest BCUT2D eigenvalue weighted by atomic mass is 19.1. The van der Waals surface area contributed by atoms with E-state index in [1.54, 1.807) is 12.1 Å². The van der Waals surface area contributed by atoms with Crippen LogP contribution in [0.25, 0.3) is 0 Å². The lowest BCUT2D eigenvalue weighted by Gasteiger charge is -2.33. The quantitative estimate of drug-likeness (QED) is 0.850. The van der Waals surface area contributed by atoms with E-state index in [1.807, 2.05) is 11.0 Å². The molecule has 1 N–H and O–H groups in total. The fourth-order valence-corrected chi connectivity index (χ4v) is 2.27. The molecule has 0 aliphatic carbocycles. The molecule has 0 radical (unpaired) electrons. The van der Waals surface area contributed by atoms with E-state index in [1.165, 1.54) is 6.07 Å². The summed E-state index contributed by atoms with van der Waals surface area (Å²) in [6.07, 6.45) is 1.95. The van der Waals surface area contributed by atoms with Crippen LogP contribution in [0.2, 0.25) is 0 Å². The Kier molecular flexibility index (Phi) is 3.60. The number of halogens is 1. The van der Waals surface area contributed by atoms with Crippen LogP contribution in [-0.2, 0) is 0 Å². The Morgan fingerprint density at radius 2 is 2.35 bits per heavy atom. The third kappa shape index (κ3) is 2.56. The average Bonchev–Trinajstić information content (AvgIpc) is 2.38. The molecule has 1 aliphatic rings. The fourth-order valence-electron chi connectivity index (χ4n) is 2.27. The summed E-state index contributed by atoms with van der Waals surface area (Å²) in [7, 11) is 0. The van der Waals surface area contributed by atoms with E-state index >= 15 is 0 Å². The first-order valence-corrected chi connectivity index (χ1v) is 5.80. The number of hydrogen-bond donors (Lipinski definition) is 1. The normalized spacial score (nSPS) is 20.1. The van der Waals surface area contributed by atoms with Gasteiger partial charge in [-0.15, -0.1) is 0 Å². The van der Waals surface area contributed by atoms with Crippen molar-refractivity contribution >= 4 is 5.69 Å². The van der Waals surface area contributed by atoms with Gasteiger partial charge in [-0.25, -0.2) is 4.39 Å². The zero-order valence-corrected chi connectivity index (χ0v) is 9.56. The van der Waals surface area contributed by atoms with Crippen molar-refractivity contribution in [2.45, 2.75) is 12.8 Å². The number of nitrogens with zero attached hydrogens (tertiary/aromatic N) is 2. The molecule has 2 rings (SSSR count). The summed E-state index contributed by atoms with van der Waals surface area (Å²) in [6.45, 7) is 1.63. The molecular weight excluding hydrogens is 219 g/mol. The summed E-state index contributed by atoms with van der Waals surface area (Å²) >= 11 is 0. The number of benzene rings is 1. The first-order chi connectivity index (χ1) is 8.24. The summed E-state index contributed by atoms with van der Waals surface area (Å²) in [5, 5.41) is 17.8. The van der Waals surface area contributed by atoms with Crippen molar-refractivity contribution in [2.24, 2.45) is 5.92 Å². The first-order valence-electron chi connectivity index (χ1n) is 5.80. The summed E-state index contributed by atoms with van der Waals surface area (Å²) in [6, 6.07) is 6.45. The molecule has 1 aliphatic heterocycles. The smallest absolute Gasteiger partial charge is 0.147 e. The molecule has 0 saturated carbocycles. The molecule has 1 heterocycles. The van der Waals surface area contributed by atoms with Gasteiger partial charge in [0.2, 0.25) is 0 Å². The lowest BCUT2D eigenvalue weighted by Crippen LogP contribution is -2.37. The van der Waals surface area contributed by atoms with Gasteiger partial charge in [-0.1, -0.05) is 0 Å². The number of nitriles is 1. The largest absolute Gasteiger partial charge is 0.396 e. The molecule has 3 nitrogen and oxygen atoms in total. The second-order valence-electron chi connectivity index (χ2n) is 4.41. The van der Waals surface area contributed by atoms with Crippen LogP contribution >= 0.6 is 0 Å². The topological polar surface area (TPSA) is 47.3 Å². The van der Waals surface area contributed by atoms with Gasteiger partial charge in [0.25, 0.3) is 0 Å². The number of rotatable bonds is 2. The van der Waals surface area contributed by atoms with Crippen molar-refractivity contribution in [3.8, 4) is 6.07 Å². The lowest BCUT2D eigenvalue weighted by atomic mass is 9.98. The van der Waals surface area contributed by atoms with E-state index in [9.17, 15) is 4.39 Å². The Hall–Kier alpha value is -1.60. The molecule has 90 valence electrons. The molecule has 1 aromatic carbocycles. The summed E-state index contributed by atoms with van der Waals surface area (Å²) in [4.78, 5) is 1.95. The molecule has 1 atom stereocenters. The monoisotopic (exact) mass is 234 g/mol. The zero-order chi connectivity index (χ0) is 12.3. The minimum Gasteiger partial charge on any atom is -0.396 e. The number of aliphatic hydroxyl groups excluding tert-OH is 1. The van der Waals surface area contributed by atoms with Crippen LogP contribution in [0.4, 0.5) is 10.1 Å². The van der Waals surface area contributed by atoms with Gasteiger partial charge in [0.1, 0.15) is 5.82 Å². The van der Waals surface area contributed by atoms with Crippen molar-refractivity contribution in [3.05, 3.63) is 29.6 Å². The Bertz CT molecular complexity index is 442. The van der Waals surface area contributed by atoms with Gasteiger partial charge >= 0.3 is 0 Å². The molecule has 1 fully saturated rings. The van der Waals surface area contributed by atoms with Gasteiger partial charge in [0, 0.05) is 19.7 Å². The average molecular weight is 234 g/mol. The second-order valence-corrected chi connectivity index (χ2v) is 4.41. The Morgan fingerprint density at radius 3 is 3.00 bits per heavy atom. The Morgan fingerprint density at radius 1 is 1.53 bits per heavy atom. The minimum absolute atomic E-state index is 0.147. The standard InChI is InChI=1S/C13H15FN2O/c14-12-6-10(7-15)3-4-13(12)16-5-1-2-11(8-16)9-17/h3-4,6,11,17H,1-2,5,8-9H2/t11-/m0/s1. The SMILES string of the molecule is N#Cc1ccc(N2CCC[C@H](CO)C2)c(F)c1. The van der Waals surface area contributed by atoms with Crippen molar-refractivity contribution in [2.75, 3.05) is 24.6 Å². The van der Waals surface area contributed by atoms with E-state index in [4.69, 9.17) is 10.4 Å². The van der Waals surface area contributed by atoms with E-state index in [2.05, 4.69) is 0 Å². The number of piperidine rings is 1. The molecule has 0 spiro atoms. The van der Waals surface area contributed by atoms with Gasteiger partial charge in [-0.05, 0) is 37.0 Å². The minimum atomic E-state index is -0.359. The van der Waals surface area contributed by atoms with E-state index in [-0.39, 0.29) is 18.3 Å². The Labute approximate surface area is 100 Å². The molecule has 0 bridgehead atoms. The first kappa shape index (κ1) is 11.9. The molecule has 0 amide bonds. The predicted molar refractivity (Wildman–Crippen MR) is 63.1 cm³/mol. The third-order valence-electron chi connectivity index (χ3n) is 3.19. The summed E-state index contributed by atoms with van der Waals surface area (Å²) < 4.78 is 13.8. The van der Waals surface area contributed by atoms with Crippen LogP contribution in [-0.4, -0.2) is 24.8 Å². The van der Waals surface area contributed by atoms with Crippen LogP contribution in [0.5, 0.6) is 0 Å². The maximum absolute atomic E-state index is 13.8. The van der Waals surface area contributed by atoms with E-state index < -0.39 is 0 Å². The molecule has 0 aromatic heterocycles. The van der Waals surface area contributed by atoms with Crippen LogP contribution in [0.3, 0.4) is 0 Å². The van der Waals surface area contributed by atoms with Crippen LogP contribution in [0, 0.1) is 23.1 Å². The molecule has 17 heavy (non-hydrogen) atoms. The highest BCUT2D eigenvalue weighted by Gasteiger charge is 2.21. The Balaban J connectivity index is 2.19. The lowest BCUT2D eigenvalue weighted by molar-refractivity contribution is 0.208. The molecule has 1 saturated heterocycles. The van der Waals surface area contributed by atoms with Crippen molar-refractivity contribution < 1.29 is 9.50 Å². The number of hydrogen-bond acceptors (Lipinski definition) is 3. The highest BCUT2D eigenvalue weighted by molar-refractivity contribution is 5.51. The van der Waals surface area contributed by atoms with Crippen LogP contribution in [0.15, 0.2) is 18.2 Å². The van der Waals surface area contributed by atoms with Gasteiger partial charge < -0.3 is 10.0 Å². The second kappa shape index (κ2) is 5.15. The maximum atomic E-state index is 13.8. The molecule has 0 unspecified atom stereocenters. The van der Waals surface area contributed by atoms with Gasteiger partial charge in [-0.2, -0.15) is 5.26 Å². The summed E-state index contributed by atoms with van der Waals surface area (Å²) in [5.41, 5.74) is 0.865. The van der Waals surface area contributed by atoms with E-state index in [0.29, 0.717) is 17.8 Å². The zero-order valence-electron chi connectivity index (χ0n) is 9.56. The highest BCUT2D eigenvalue weighted by Crippen LogP contribution is 2.26. The predicted octanol–water partition coefficient (Wildman–Crippen LogP) is 1.91. The van der Waals surface area contributed by atoms with Crippen molar-refractivity contribution in [1.29, 1.82) is 5.26 Å². The number of anilines is 1. The van der Waals surface area contributed by atoms with Crippen LogP contribution in [0.1, 0.15) is 18.4 Å². The van der Waals surface area contributed by atoms with Crippen molar-refractivity contribution in [1.82, 2.24) is 0 Å². The summed E-state index contributed by atoms with van der Waals surface area (Å²) in [5.74, 6) is -0.138.